The molecule has 0 radical (unpaired) electrons. The van der Waals surface area contributed by atoms with Crippen molar-refractivity contribution in [2.24, 2.45) is 5.92 Å². The first kappa shape index (κ1) is 9.52. The summed E-state index contributed by atoms with van der Waals surface area (Å²) in [5.74, 6) is 0.704. The van der Waals surface area contributed by atoms with E-state index in [-0.39, 0.29) is 0 Å². The van der Waals surface area contributed by atoms with Gasteiger partial charge in [0.15, 0.2) is 0 Å². The van der Waals surface area contributed by atoms with Crippen molar-refractivity contribution in [3.05, 3.63) is 0 Å². The molecule has 1 N–H and O–H groups in total. The van der Waals surface area contributed by atoms with Crippen LogP contribution in [0.15, 0.2) is 0 Å². The minimum atomic E-state index is 0.339. The highest BCUT2D eigenvalue weighted by Crippen LogP contribution is 2.30. The number of rotatable bonds is 5. The second kappa shape index (κ2) is 4.45. The quantitative estimate of drug-likeness (QED) is 0.608. The molecule has 0 aromatic carbocycles. The summed E-state index contributed by atoms with van der Waals surface area (Å²) in [4.78, 5) is 13.3. The first-order valence-electron chi connectivity index (χ1n) is 4.65. The van der Waals surface area contributed by atoms with Crippen molar-refractivity contribution in [2.45, 2.75) is 19.3 Å². The predicted molar refractivity (Wildman–Crippen MR) is 48.9 cm³/mol. The summed E-state index contributed by atoms with van der Waals surface area (Å²) in [6, 6.07) is 0. The SMILES string of the molecule is CNCCCN(C)C(=O)C1CC1. The summed E-state index contributed by atoms with van der Waals surface area (Å²) in [5.41, 5.74) is 0. The molecule has 0 saturated heterocycles. The summed E-state index contributed by atoms with van der Waals surface area (Å²) < 4.78 is 0. The van der Waals surface area contributed by atoms with Gasteiger partial charge in [0.1, 0.15) is 0 Å². The van der Waals surface area contributed by atoms with Crippen LogP contribution in [0.25, 0.3) is 0 Å². The highest BCUT2D eigenvalue weighted by molar-refractivity contribution is 5.80. The Labute approximate surface area is 74.1 Å². The Balaban J connectivity index is 2.09. The Morgan fingerprint density at radius 1 is 1.58 bits per heavy atom. The molecule has 0 heterocycles. The normalized spacial score (nSPS) is 16.2. The summed E-state index contributed by atoms with van der Waals surface area (Å²) in [5, 5.41) is 3.07. The monoisotopic (exact) mass is 170 g/mol. The van der Waals surface area contributed by atoms with Gasteiger partial charge in [-0.2, -0.15) is 0 Å². The Bertz CT molecular complexity index is 155. The molecule has 1 aliphatic carbocycles. The molecule has 70 valence electrons. The topological polar surface area (TPSA) is 32.3 Å². The van der Waals surface area contributed by atoms with E-state index < -0.39 is 0 Å². The van der Waals surface area contributed by atoms with E-state index in [0.29, 0.717) is 11.8 Å². The Kier molecular flexibility index (Phi) is 3.53. The number of nitrogens with zero attached hydrogens (tertiary/aromatic N) is 1. The lowest BCUT2D eigenvalue weighted by Crippen LogP contribution is -2.30. The molecule has 0 aromatic rings. The maximum atomic E-state index is 11.4. The fourth-order valence-corrected chi connectivity index (χ4v) is 1.25. The molecule has 1 fully saturated rings. The van der Waals surface area contributed by atoms with E-state index in [9.17, 15) is 4.79 Å². The molecule has 0 bridgehead atoms. The smallest absolute Gasteiger partial charge is 0.225 e. The van der Waals surface area contributed by atoms with Crippen molar-refractivity contribution < 1.29 is 4.79 Å². The Morgan fingerprint density at radius 3 is 2.75 bits per heavy atom. The Hall–Kier alpha value is -0.570. The van der Waals surface area contributed by atoms with Crippen LogP contribution in [-0.2, 0) is 4.79 Å². The van der Waals surface area contributed by atoms with Crippen LogP contribution in [0.4, 0.5) is 0 Å². The number of hydrogen-bond acceptors (Lipinski definition) is 2. The first-order valence-corrected chi connectivity index (χ1v) is 4.65. The average Bonchev–Trinajstić information content (AvgIpc) is 2.86. The van der Waals surface area contributed by atoms with E-state index in [4.69, 9.17) is 0 Å². The minimum absolute atomic E-state index is 0.339. The van der Waals surface area contributed by atoms with Gasteiger partial charge in [0.25, 0.3) is 0 Å². The summed E-state index contributed by atoms with van der Waals surface area (Å²) in [6.07, 6.45) is 3.26. The van der Waals surface area contributed by atoms with Crippen LogP contribution in [0.3, 0.4) is 0 Å². The molecule has 3 nitrogen and oxygen atoms in total. The van der Waals surface area contributed by atoms with Crippen molar-refractivity contribution in [1.82, 2.24) is 10.2 Å². The maximum Gasteiger partial charge on any atom is 0.225 e. The van der Waals surface area contributed by atoms with Crippen LogP contribution in [0.5, 0.6) is 0 Å². The average molecular weight is 170 g/mol. The number of hydrogen-bond donors (Lipinski definition) is 1. The van der Waals surface area contributed by atoms with Crippen LogP contribution in [0.2, 0.25) is 0 Å². The zero-order chi connectivity index (χ0) is 8.97. The van der Waals surface area contributed by atoms with E-state index in [0.717, 1.165) is 32.4 Å². The highest BCUT2D eigenvalue weighted by atomic mass is 16.2. The third-order valence-electron chi connectivity index (χ3n) is 2.22. The first-order chi connectivity index (χ1) is 5.75. The number of carbonyl (C=O) groups excluding carboxylic acids is 1. The van der Waals surface area contributed by atoms with E-state index in [1.165, 1.54) is 0 Å². The molecule has 1 rings (SSSR count). The van der Waals surface area contributed by atoms with Gasteiger partial charge in [0.05, 0.1) is 0 Å². The summed E-state index contributed by atoms with van der Waals surface area (Å²) >= 11 is 0. The number of carbonyl (C=O) groups is 1. The van der Waals surface area contributed by atoms with E-state index >= 15 is 0 Å². The predicted octanol–water partition coefficient (Wildman–Crippen LogP) is 0.464. The molecule has 1 aliphatic rings. The number of nitrogens with one attached hydrogen (secondary N) is 1. The van der Waals surface area contributed by atoms with Gasteiger partial charge in [-0.25, -0.2) is 0 Å². The van der Waals surface area contributed by atoms with Crippen LogP contribution in [0.1, 0.15) is 19.3 Å². The van der Waals surface area contributed by atoms with Gasteiger partial charge in [0, 0.05) is 19.5 Å². The third kappa shape index (κ3) is 2.81. The lowest BCUT2D eigenvalue weighted by atomic mass is 10.3. The van der Waals surface area contributed by atoms with Gasteiger partial charge in [0.2, 0.25) is 5.91 Å². The minimum Gasteiger partial charge on any atom is -0.345 e. The second-order valence-electron chi connectivity index (χ2n) is 3.49. The fraction of sp³-hybridized carbons (Fsp3) is 0.889. The van der Waals surface area contributed by atoms with Gasteiger partial charge in [-0.05, 0) is 32.9 Å². The molecular weight excluding hydrogens is 152 g/mol. The van der Waals surface area contributed by atoms with E-state index in [1.54, 1.807) is 0 Å². The molecule has 0 spiro atoms. The van der Waals surface area contributed by atoms with Crippen molar-refractivity contribution in [1.29, 1.82) is 0 Å². The van der Waals surface area contributed by atoms with E-state index in [1.807, 2.05) is 19.0 Å². The van der Waals surface area contributed by atoms with Crippen molar-refractivity contribution in [3.8, 4) is 0 Å². The second-order valence-corrected chi connectivity index (χ2v) is 3.49. The van der Waals surface area contributed by atoms with Crippen LogP contribution in [-0.4, -0.2) is 38.0 Å². The van der Waals surface area contributed by atoms with Crippen molar-refractivity contribution >= 4 is 5.91 Å². The lowest BCUT2D eigenvalue weighted by molar-refractivity contribution is -0.131. The van der Waals surface area contributed by atoms with Crippen molar-refractivity contribution in [3.63, 3.8) is 0 Å². The molecular formula is C9H18N2O. The van der Waals surface area contributed by atoms with Crippen LogP contribution in [0, 0.1) is 5.92 Å². The lowest BCUT2D eigenvalue weighted by Gasteiger charge is -2.16. The molecule has 3 heteroatoms. The summed E-state index contributed by atoms with van der Waals surface area (Å²) in [7, 11) is 3.83. The van der Waals surface area contributed by atoms with Gasteiger partial charge >= 0.3 is 0 Å². The van der Waals surface area contributed by atoms with Gasteiger partial charge in [-0.1, -0.05) is 0 Å². The molecule has 0 atom stereocenters. The zero-order valence-corrected chi connectivity index (χ0v) is 7.97. The third-order valence-corrected chi connectivity index (χ3v) is 2.22. The maximum absolute atomic E-state index is 11.4. The highest BCUT2D eigenvalue weighted by Gasteiger charge is 2.31. The molecule has 0 unspecified atom stereocenters. The molecule has 0 aromatic heterocycles. The van der Waals surface area contributed by atoms with Crippen LogP contribution < -0.4 is 5.32 Å². The van der Waals surface area contributed by atoms with E-state index in [2.05, 4.69) is 5.32 Å². The summed E-state index contributed by atoms with van der Waals surface area (Å²) in [6.45, 7) is 1.87. The van der Waals surface area contributed by atoms with Gasteiger partial charge in [-0.15, -0.1) is 0 Å². The standard InChI is InChI=1S/C9H18N2O/c1-10-6-3-7-11(2)9(12)8-4-5-8/h8,10H,3-7H2,1-2H3. The molecule has 1 amide bonds. The van der Waals surface area contributed by atoms with Crippen molar-refractivity contribution in [2.75, 3.05) is 27.2 Å². The molecule has 1 saturated carbocycles. The van der Waals surface area contributed by atoms with Gasteiger partial charge in [-0.3, -0.25) is 4.79 Å². The largest absolute Gasteiger partial charge is 0.345 e. The fourth-order valence-electron chi connectivity index (χ4n) is 1.25. The Morgan fingerprint density at radius 2 is 2.25 bits per heavy atom. The van der Waals surface area contributed by atoms with Crippen LogP contribution >= 0.6 is 0 Å². The molecule has 12 heavy (non-hydrogen) atoms. The number of amides is 1. The molecule has 0 aliphatic heterocycles. The van der Waals surface area contributed by atoms with Gasteiger partial charge < -0.3 is 10.2 Å². The zero-order valence-electron chi connectivity index (χ0n) is 7.97.